The van der Waals surface area contributed by atoms with Crippen LogP contribution < -0.4 is 0 Å². The first-order valence-corrected chi connectivity index (χ1v) is 7.87. The highest BCUT2D eigenvalue weighted by molar-refractivity contribution is 6.30. The lowest BCUT2D eigenvalue weighted by molar-refractivity contribution is 0.0259. The van der Waals surface area contributed by atoms with Gasteiger partial charge >= 0.3 is 0 Å². The smallest absolute Gasteiger partial charge is 0.134 e. The molecule has 1 saturated heterocycles. The number of hydrogen-bond donors (Lipinski definition) is 1. The van der Waals surface area contributed by atoms with Gasteiger partial charge in [-0.15, -0.1) is 0 Å². The van der Waals surface area contributed by atoms with Crippen LogP contribution >= 0.6 is 11.6 Å². The van der Waals surface area contributed by atoms with Crippen LogP contribution in [0.4, 0.5) is 0 Å². The topological polar surface area (TPSA) is 36.4 Å². The molecule has 0 radical (unpaired) electrons. The van der Waals surface area contributed by atoms with E-state index in [1.165, 1.54) is 5.56 Å². The fourth-order valence-electron chi connectivity index (χ4n) is 2.91. The van der Waals surface area contributed by atoms with E-state index in [0.717, 1.165) is 36.0 Å². The molecule has 21 heavy (non-hydrogen) atoms. The number of β-amino-alcohol motifs (C(OH)–C–C–N with tert-alkyl or cyclic N) is 1. The molecule has 112 valence electrons. The maximum absolute atomic E-state index is 10.0. The second-order valence-corrected chi connectivity index (χ2v) is 6.56. The highest BCUT2D eigenvalue weighted by atomic mass is 35.5. The van der Waals surface area contributed by atoms with Gasteiger partial charge in [0, 0.05) is 24.0 Å². The normalized spacial score (nSPS) is 23.6. The monoisotopic (exact) mass is 304 g/mol. The molecule has 3 rings (SSSR count). The number of fused-ring (bicyclic) bond motifs is 1. The first-order chi connectivity index (χ1) is 10.0. The molecule has 0 spiro atoms. The molecule has 2 aromatic rings. The predicted molar refractivity (Wildman–Crippen MR) is 86.6 cm³/mol. The molecule has 1 aliphatic heterocycles. The Labute approximate surface area is 130 Å². The van der Waals surface area contributed by atoms with Crippen molar-refractivity contribution in [1.29, 1.82) is 0 Å². The average molecular weight is 305 g/mol. The van der Waals surface area contributed by atoms with Gasteiger partial charge < -0.3 is 5.11 Å². The summed E-state index contributed by atoms with van der Waals surface area (Å²) in [7, 11) is 0. The Morgan fingerprint density at radius 3 is 2.95 bits per heavy atom. The standard InChI is InChI=1S/C17H21ClN2O/c1-11-3-4-13-8-14(17(18)19-15(13)7-11)9-20-6-5-12(2)16(21)10-20/h3-4,7-8,12,16,21H,5-6,9-10H2,1-2H3. The lowest BCUT2D eigenvalue weighted by Gasteiger charge is -2.34. The van der Waals surface area contributed by atoms with Gasteiger partial charge in [0.25, 0.3) is 0 Å². The van der Waals surface area contributed by atoms with Gasteiger partial charge in [0.05, 0.1) is 11.6 Å². The average Bonchev–Trinajstić information content (AvgIpc) is 2.44. The third-order valence-corrected chi connectivity index (χ3v) is 4.72. The molecule has 0 amide bonds. The Kier molecular flexibility index (Phi) is 4.16. The van der Waals surface area contributed by atoms with Crippen LogP contribution in [0.1, 0.15) is 24.5 Å². The fourth-order valence-corrected chi connectivity index (χ4v) is 3.11. The zero-order valence-electron chi connectivity index (χ0n) is 12.5. The second kappa shape index (κ2) is 5.91. The molecular formula is C17H21ClN2O. The first-order valence-electron chi connectivity index (χ1n) is 7.49. The summed E-state index contributed by atoms with van der Waals surface area (Å²) in [6.07, 6.45) is 0.785. The number of pyridine rings is 1. The molecule has 2 unspecified atom stereocenters. The van der Waals surface area contributed by atoms with Gasteiger partial charge in [-0.1, -0.05) is 30.7 Å². The molecule has 3 nitrogen and oxygen atoms in total. The molecule has 1 aromatic carbocycles. The number of piperidine rings is 1. The molecule has 0 bridgehead atoms. The Morgan fingerprint density at radius 1 is 1.38 bits per heavy atom. The number of aromatic nitrogens is 1. The SMILES string of the molecule is Cc1ccc2cc(CN3CCC(C)C(O)C3)c(Cl)nc2c1. The number of rotatable bonds is 2. The van der Waals surface area contributed by atoms with Gasteiger partial charge in [0.15, 0.2) is 0 Å². The molecule has 0 aliphatic carbocycles. The van der Waals surface area contributed by atoms with Crippen molar-refractivity contribution >= 4 is 22.5 Å². The number of benzene rings is 1. The van der Waals surface area contributed by atoms with Crippen LogP contribution in [0.5, 0.6) is 0 Å². The van der Waals surface area contributed by atoms with Crippen molar-refractivity contribution in [3.8, 4) is 0 Å². The number of aryl methyl sites for hydroxylation is 1. The van der Waals surface area contributed by atoms with Crippen LogP contribution in [0.25, 0.3) is 10.9 Å². The van der Waals surface area contributed by atoms with Gasteiger partial charge in [-0.2, -0.15) is 0 Å². The molecule has 2 heterocycles. The van der Waals surface area contributed by atoms with Crippen LogP contribution in [-0.4, -0.2) is 34.2 Å². The highest BCUT2D eigenvalue weighted by Gasteiger charge is 2.24. The van der Waals surface area contributed by atoms with E-state index >= 15 is 0 Å². The largest absolute Gasteiger partial charge is 0.392 e. The van der Waals surface area contributed by atoms with Crippen molar-refractivity contribution in [2.45, 2.75) is 32.9 Å². The maximum Gasteiger partial charge on any atom is 0.134 e. The fraction of sp³-hybridized carbons (Fsp3) is 0.471. The molecule has 1 fully saturated rings. The van der Waals surface area contributed by atoms with E-state index in [-0.39, 0.29) is 6.10 Å². The van der Waals surface area contributed by atoms with Crippen molar-refractivity contribution in [3.63, 3.8) is 0 Å². The summed E-state index contributed by atoms with van der Waals surface area (Å²) in [6, 6.07) is 8.35. The highest BCUT2D eigenvalue weighted by Crippen LogP contribution is 2.25. The minimum Gasteiger partial charge on any atom is -0.392 e. The number of halogens is 1. The summed E-state index contributed by atoms with van der Waals surface area (Å²) in [5, 5.41) is 11.7. The van der Waals surface area contributed by atoms with Crippen molar-refractivity contribution in [3.05, 3.63) is 40.5 Å². The van der Waals surface area contributed by atoms with Crippen LogP contribution in [0, 0.1) is 12.8 Å². The first kappa shape index (κ1) is 14.8. The molecule has 1 N–H and O–H groups in total. The van der Waals surface area contributed by atoms with Crippen LogP contribution in [0.3, 0.4) is 0 Å². The van der Waals surface area contributed by atoms with Gasteiger partial charge in [0.1, 0.15) is 5.15 Å². The van der Waals surface area contributed by atoms with E-state index in [1.54, 1.807) is 0 Å². The second-order valence-electron chi connectivity index (χ2n) is 6.20. The van der Waals surface area contributed by atoms with E-state index in [1.807, 2.05) is 0 Å². The molecule has 4 heteroatoms. The summed E-state index contributed by atoms with van der Waals surface area (Å²) >= 11 is 6.34. The van der Waals surface area contributed by atoms with Crippen molar-refractivity contribution < 1.29 is 5.11 Å². The summed E-state index contributed by atoms with van der Waals surface area (Å²) < 4.78 is 0. The van der Waals surface area contributed by atoms with E-state index in [2.05, 4.69) is 48.0 Å². The summed E-state index contributed by atoms with van der Waals surface area (Å²) in [5.74, 6) is 0.384. The molecule has 0 saturated carbocycles. The summed E-state index contributed by atoms with van der Waals surface area (Å²) in [5.41, 5.74) is 3.16. The Balaban J connectivity index is 1.84. The zero-order valence-corrected chi connectivity index (χ0v) is 13.3. The third kappa shape index (κ3) is 3.20. The maximum atomic E-state index is 10.0. The summed E-state index contributed by atoms with van der Waals surface area (Å²) in [4.78, 5) is 6.77. The minimum absolute atomic E-state index is 0.242. The molecule has 1 aromatic heterocycles. The molecular weight excluding hydrogens is 284 g/mol. The van der Waals surface area contributed by atoms with Crippen LogP contribution in [-0.2, 0) is 6.54 Å². The Bertz CT molecular complexity index is 659. The van der Waals surface area contributed by atoms with Crippen molar-refractivity contribution in [2.75, 3.05) is 13.1 Å². The Hall–Kier alpha value is -1.16. The van der Waals surface area contributed by atoms with E-state index in [0.29, 0.717) is 17.6 Å². The molecule has 1 aliphatic rings. The van der Waals surface area contributed by atoms with Crippen LogP contribution in [0.15, 0.2) is 24.3 Å². The van der Waals surface area contributed by atoms with E-state index in [4.69, 9.17) is 11.6 Å². The number of aliphatic hydroxyl groups excluding tert-OH is 1. The van der Waals surface area contributed by atoms with Gasteiger partial charge in [0.2, 0.25) is 0 Å². The quantitative estimate of drug-likeness (QED) is 0.864. The summed E-state index contributed by atoms with van der Waals surface area (Å²) in [6.45, 7) is 6.62. The predicted octanol–water partition coefficient (Wildman–Crippen LogP) is 3.40. The minimum atomic E-state index is -0.242. The van der Waals surface area contributed by atoms with Crippen molar-refractivity contribution in [1.82, 2.24) is 9.88 Å². The number of hydrogen-bond acceptors (Lipinski definition) is 3. The van der Waals surface area contributed by atoms with Gasteiger partial charge in [-0.3, -0.25) is 4.90 Å². The number of aliphatic hydroxyl groups is 1. The van der Waals surface area contributed by atoms with E-state index < -0.39 is 0 Å². The molecule has 2 atom stereocenters. The van der Waals surface area contributed by atoms with Crippen LogP contribution in [0.2, 0.25) is 5.15 Å². The lowest BCUT2D eigenvalue weighted by atomic mass is 9.96. The van der Waals surface area contributed by atoms with E-state index in [9.17, 15) is 5.11 Å². The number of likely N-dealkylation sites (tertiary alicyclic amines) is 1. The number of nitrogens with zero attached hydrogens (tertiary/aromatic N) is 2. The zero-order chi connectivity index (χ0) is 15.0. The third-order valence-electron chi connectivity index (χ3n) is 4.40. The van der Waals surface area contributed by atoms with Gasteiger partial charge in [-0.05, 0) is 43.5 Å². The lowest BCUT2D eigenvalue weighted by Crippen LogP contribution is -2.42. The van der Waals surface area contributed by atoms with Gasteiger partial charge in [-0.25, -0.2) is 4.98 Å². The van der Waals surface area contributed by atoms with Crippen molar-refractivity contribution in [2.24, 2.45) is 5.92 Å². The Morgan fingerprint density at radius 2 is 2.19 bits per heavy atom.